The van der Waals surface area contributed by atoms with E-state index in [1.54, 1.807) is 11.3 Å². The Morgan fingerprint density at radius 1 is 1.56 bits per heavy atom. The number of rotatable bonds is 5. The molecule has 2 aromatic heterocycles. The van der Waals surface area contributed by atoms with Crippen molar-refractivity contribution in [2.75, 3.05) is 6.54 Å². The minimum Gasteiger partial charge on any atom is -0.306 e. The van der Waals surface area contributed by atoms with Crippen LogP contribution in [-0.4, -0.2) is 16.3 Å². The number of nitrogens with zero attached hydrogens (tertiary/aromatic N) is 2. The lowest BCUT2D eigenvalue weighted by Crippen LogP contribution is -2.21. The molecule has 2 heterocycles. The summed E-state index contributed by atoms with van der Waals surface area (Å²) in [6, 6.07) is 4.55. The van der Waals surface area contributed by atoms with E-state index in [1.165, 1.54) is 10.4 Å². The van der Waals surface area contributed by atoms with Crippen LogP contribution in [0.2, 0.25) is 0 Å². The first-order valence-corrected chi connectivity index (χ1v) is 6.44. The molecule has 0 saturated heterocycles. The van der Waals surface area contributed by atoms with Crippen LogP contribution in [0.5, 0.6) is 0 Å². The second-order valence-electron chi connectivity index (χ2n) is 3.85. The molecule has 0 spiro atoms. The SMILES string of the molecule is CCCNC(c1cnn(C)c1)c1cccs1. The zero-order valence-corrected chi connectivity index (χ0v) is 10.5. The molecule has 0 aliphatic heterocycles. The Labute approximate surface area is 100 Å². The Bertz CT molecular complexity index is 419. The highest BCUT2D eigenvalue weighted by atomic mass is 32.1. The summed E-state index contributed by atoms with van der Waals surface area (Å²) in [4.78, 5) is 1.35. The molecular formula is C12H17N3S. The van der Waals surface area contributed by atoms with Gasteiger partial charge in [0.1, 0.15) is 0 Å². The summed E-state index contributed by atoms with van der Waals surface area (Å²) in [5, 5.41) is 9.91. The highest BCUT2D eigenvalue weighted by Crippen LogP contribution is 2.25. The van der Waals surface area contributed by atoms with Crippen LogP contribution >= 0.6 is 11.3 Å². The first-order chi connectivity index (χ1) is 7.81. The van der Waals surface area contributed by atoms with Crippen molar-refractivity contribution in [1.29, 1.82) is 0 Å². The van der Waals surface area contributed by atoms with Gasteiger partial charge in [0, 0.05) is 23.7 Å². The Hall–Kier alpha value is -1.13. The van der Waals surface area contributed by atoms with E-state index in [2.05, 4.69) is 41.0 Å². The fourth-order valence-corrected chi connectivity index (χ4v) is 2.54. The van der Waals surface area contributed by atoms with Crippen molar-refractivity contribution in [3.63, 3.8) is 0 Å². The molecule has 1 atom stereocenters. The lowest BCUT2D eigenvalue weighted by molar-refractivity contribution is 0.605. The van der Waals surface area contributed by atoms with Crippen LogP contribution in [0.3, 0.4) is 0 Å². The summed E-state index contributed by atoms with van der Waals surface area (Å²) in [7, 11) is 1.95. The largest absolute Gasteiger partial charge is 0.306 e. The van der Waals surface area contributed by atoms with E-state index < -0.39 is 0 Å². The molecule has 0 aliphatic rings. The highest BCUT2D eigenvalue weighted by molar-refractivity contribution is 7.10. The zero-order chi connectivity index (χ0) is 11.4. The summed E-state index contributed by atoms with van der Waals surface area (Å²) >= 11 is 1.79. The summed E-state index contributed by atoms with van der Waals surface area (Å²) in [6.45, 7) is 3.21. The monoisotopic (exact) mass is 235 g/mol. The van der Waals surface area contributed by atoms with Crippen molar-refractivity contribution < 1.29 is 0 Å². The third-order valence-corrected chi connectivity index (χ3v) is 3.42. The normalized spacial score (nSPS) is 12.9. The summed E-state index contributed by atoms with van der Waals surface area (Å²) in [5.41, 5.74) is 1.23. The van der Waals surface area contributed by atoms with Crippen LogP contribution in [0.15, 0.2) is 29.9 Å². The van der Waals surface area contributed by atoms with Crippen LogP contribution in [0.1, 0.15) is 29.8 Å². The standard InChI is InChI=1S/C12H17N3S/c1-3-6-13-12(11-5-4-7-16-11)10-8-14-15(2)9-10/h4-5,7-9,12-13H,3,6H2,1-2H3. The molecule has 86 valence electrons. The van der Waals surface area contributed by atoms with Gasteiger partial charge in [-0.25, -0.2) is 0 Å². The number of aromatic nitrogens is 2. The van der Waals surface area contributed by atoms with Gasteiger partial charge in [0.2, 0.25) is 0 Å². The molecule has 0 fully saturated rings. The van der Waals surface area contributed by atoms with E-state index >= 15 is 0 Å². The summed E-state index contributed by atoms with van der Waals surface area (Å²) in [5.74, 6) is 0. The summed E-state index contributed by atoms with van der Waals surface area (Å²) < 4.78 is 1.85. The third kappa shape index (κ3) is 2.51. The predicted octanol–water partition coefficient (Wildman–Crippen LogP) is 2.57. The molecule has 2 rings (SSSR count). The van der Waals surface area contributed by atoms with Crippen molar-refractivity contribution in [2.24, 2.45) is 7.05 Å². The van der Waals surface area contributed by atoms with E-state index in [0.29, 0.717) is 0 Å². The molecule has 2 aromatic rings. The van der Waals surface area contributed by atoms with Crippen LogP contribution in [0.4, 0.5) is 0 Å². The fraction of sp³-hybridized carbons (Fsp3) is 0.417. The van der Waals surface area contributed by atoms with Crippen molar-refractivity contribution in [1.82, 2.24) is 15.1 Å². The van der Waals surface area contributed by atoms with Gasteiger partial charge < -0.3 is 5.32 Å². The molecule has 4 heteroatoms. The maximum atomic E-state index is 4.24. The quantitative estimate of drug-likeness (QED) is 0.863. The molecule has 0 saturated carbocycles. The average molecular weight is 235 g/mol. The lowest BCUT2D eigenvalue weighted by atomic mass is 10.1. The Balaban J connectivity index is 2.21. The molecular weight excluding hydrogens is 218 g/mol. The van der Waals surface area contributed by atoms with E-state index in [-0.39, 0.29) is 6.04 Å². The molecule has 1 unspecified atom stereocenters. The van der Waals surface area contributed by atoms with Gasteiger partial charge in [0.05, 0.1) is 12.2 Å². The van der Waals surface area contributed by atoms with E-state index in [1.807, 2.05) is 17.9 Å². The van der Waals surface area contributed by atoms with E-state index in [4.69, 9.17) is 0 Å². The molecule has 1 N–H and O–H groups in total. The number of nitrogens with one attached hydrogen (secondary N) is 1. The second kappa shape index (κ2) is 5.27. The minimum atomic E-state index is 0.286. The average Bonchev–Trinajstić information content (AvgIpc) is 2.91. The Morgan fingerprint density at radius 3 is 3.00 bits per heavy atom. The van der Waals surface area contributed by atoms with Crippen molar-refractivity contribution in [2.45, 2.75) is 19.4 Å². The van der Waals surface area contributed by atoms with Crippen molar-refractivity contribution >= 4 is 11.3 Å². The van der Waals surface area contributed by atoms with Gasteiger partial charge in [0.25, 0.3) is 0 Å². The van der Waals surface area contributed by atoms with Crippen LogP contribution in [0, 0.1) is 0 Å². The number of hydrogen-bond acceptors (Lipinski definition) is 3. The van der Waals surface area contributed by atoms with Crippen LogP contribution in [0.25, 0.3) is 0 Å². The van der Waals surface area contributed by atoms with Crippen LogP contribution < -0.4 is 5.32 Å². The first kappa shape index (κ1) is 11.4. The first-order valence-electron chi connectivity index (χ1n) is 5.56. The van der Waals surface area contributed by atoms with Gasteiger partial charge in [0.15, 0.2) is 0 Å². The molecule has 0 bridgehead atoms. The van der Waals surface area contributed by atoms with Crippen molar-refractivity contribution in [3.05, 3.63) is 40.3 Å². The predicted molar refractivity (Wildman–Crippen MR) is 67.7 cm³/mol. The topological polar surface area (TPSA) is 29.9 Å². The summed E-state index contributed by atoms with van der Waals surface area (Å²) in [6.07, 6.45) is 5.15. The minimum absolute atomic E-state index is 0.286. The zero-order valence-electron chi connectivity index (χ0n) is 9.68. The van der Waals surface area contributed by atoms with Gasteiger partial charge in [-0.15, -0.1) is 11.3 Å². The smallest absolute Gasteiger partial charge is 0.0702 e. The number of thiophene rings is 1. The van der Waals surface area contributed by atoms with Gasteiger partial charge in [-0.3, -0.25) is 4.68 Å². The number of aryl methyl sites for hydroxylation is 1. The van der Waals surface area contributed by atoms with E-state index in [9.17, 15) is 0 Å². The molecule has 0 aromatic carbocycles. The molecule has 0 aliphatic carbocycles. The second-order valence-corrected chi connectivity index (χ2v) is 4.83. The van der Waals surface area contributed by atoms with Crippen molar-refractivity contribution in [3.8, 4) is 0 Å². The molecule has 0 amide bonds. The maximum absolute atomic E-state index is 4.24. The molecule has 16 heavy (non-hydrogen) atoms. The molecule has 0 radical (unpaired) electrons. The van der Waals surface area contributed by atoms with E-state index in [0.717, 1.165) is 13.0 Å². The van der Waals surface area contributed by atoms with Gasteiger partial charge in [-0.1, -0.05) is 13.0 Å². The number of hydrogen-bond donors (Lipinski definition) is 1. The molecule has 3 nitrogen and oxygen atoms in total. The van der Waals surface area contributed by atoms with Gasteiger partial charge in [-0.2, -0.15) is 5.10 Å². The third-order valence-electron chi connectivity index (χ3n) is 2.48. The Kier molecular flexibility index (Phi) is 3.74. The Morgan fingerprint density at radius 2 is 2.44 bits per heavy atom. The van der Waals surface area contributed by atoms with Gasteiger partial charge >= 0.3 is 0 Å². The van der Waals surface area contributed by atoms with Gasteiger partial charge in [-0.05, 0) is 24.4 Å². The van der Waals surface area contributed by atoms with Crippen LogP contribution in [-0.2, 0) is 7.05 Å². The lowest BCUT2D eigenvalue weighted by Gasteiger charge is -2.15. The maximum Gasteiger partial charge on any atom is 0.0702 e. The fourth-order valence-electron chi connectivity index (χ4n) is 1.72. The highest BCUT2D eigenvalue weighted by Gasteiger charge is 2.15.